The van der Waals surface area contributed by atoms with E-state index >= 15 is 0 Å². The van der Waals surface area contributed by atoms with Gasteiger partial charge in [-0.2, -0.15) is 0 Å². The maximum Gasteiger partial charge on any atom is 0.250 e. The molecule has 2 aromatic rings. The van der Waals surface area contributed by atoms with Crippen LogP contribution in [0, 0.1) is 0 Å². The highest BCUT2D eigenvalue weighted by atomic mass is 16.3. The van der Waals surface area contributed by atoms with Crippen LogP contribution < -0.4 is 5.32 Å². The number of benzene rings is 1. The Morgan fingerprint density at radius 3 is 3.06 bits per heavy atom. The van der Waals surface area contributed by atoms with Crippen LogP contribution in [0.5, 0.6) is 0 Å². The summed E-state index contributed by atoms with van der Waals surface area (Å²) in [5.74, 6) is 0.815. The summed E-state index contributed by atoms with van der Waals surface area (Å²) in [7, 11) is 0. The molecule has 0 bridgehead atoms. The number of nitrogens with zero attached hydrogens (tertiary/aromatic N) is 1. The molecule has 0 spiro atoms. The minimum atomic E-state index is -0.526. The van der Waals surface area contributed by atoms with Crippen LogP contribution in [0.2, 0.25) is 0 Å². The molecule has 5 heteroatoms. The summed E-state index contributed by atoms with van der Waals surface area (Å²) in [6, 6.07) is 5.27. The second-order valence-electron chi connectivity index (χ2n) is 4.22. The lowest BCUT2D eigenvalue weighted by atomic mass is 10.3. The van der Waals surface area contributed by atoms with Gasteiger partial charge >= 0.3 is 0 Å². The van der Waals surface area contributed by atoms with E-state index in [-0.39, 0.29) is 0 Å². The Labute approximate surface area is 97.5 Å². The fraction of sp³-hybridized carbons (Fsp3) is 0.333. The lowest BCUT2D eigenvalue weighted by Crippen LogP contribution is -2.15. The van der Waals surface area contributed by atoms with Crippen LogP contribution >= 0.6 is 0 Å². The average Bonchev–Trinajstić information content (AvgIpc) is 3.09. The number of rotatable bonds is 3. The molecule has 0 saturated heterocycles. The van der Waals surface area contributed by atoms with Crippen LogP contribution in [-0.2, 0) is 4.79 Å². The number of nitrogens with one attached hydrogen (secondary N) is 1. The largest absolute Gasteiger partial charge is 0.440 e. The molecule has 2 N–H and O–H groups in total. The highest BCUT2D eigenvalue weighted by Gasteiger charge is 2.28. The second-order valence-corrected chi connectivity index (χ2v) is 4.22. The number of aliphatic hydroxyl groups excluding tert-OH is 1. The third kappa shape index (κ3) is 2.01. The summed E-state index contributed by atoms with van der Waals surface area (Å²) in [4.78, 5) is 15.4. The first-order valence-corrected chi connectivity index (χ1v) is 5.57. The molecule has 1 aliphatic rings. The molecular formula is C12H12N2O3. The molecule has 1 heterocycles. The summed E-state index contributed by atoms with van der Waals surface area (Å²) in [5, 5.41) is 11.2. The monoisotopic (exact) mass is 232 g/mol. The number of carbonyl (C=O) groups excluding carboxylic acids is 1. The Bertz CT molecular complexity index is 572. The number of oxazole rings is 1. The van der Waals surface area contributed by atoms with Crippen molar-refractivity contribution in [2.75, 3.05) is 11.9 Å². The van der Waals surface area contributed by atoms with Crippen molar-refractivity contribution in [2.24, 2.45) is 0 Å². The van der Waals surface area contributed by atoms with Gasteiger partial charge in [0, 0.05) is 17.7 Å². The quantitative estimate of drug-likeness (QED) is 0.843. The molecule has 1 fully saturated rings. The molecule has 5 nitrogen and oxygen atoms in total. The van der Waals surface area contributed by atoms with E-state index in [9.17, 15) is 4.79 Å². The highest BCUT2D eigenvalue weighted by Crippen LogP contribution is 2.40. The summed E-state index contributed by atoms with van der Waals surface area (Å²) >= 11 is 0. The van der Waals surface area contributed by atoms with E-state index in [1.54, 1.807) is 18.2 Å². The normalized spacial score (nSPS) is 15.1. The molecule has 1 aliphatic carbocycles. The second kappa shape index (κ2) is 3.85. The molecule has 1 amide bonds. The van der Waals surface area contributed by atoms with Crippen molar-refractivity contribution in [3.05, 3.63) is 24.1 Å². The SMILES string of the molecule is O=C(CO)Nc1ccc2nc(C3CC3)oc2c1. The third-order valence-corrected chi connectivity index (χ3v) is 2.76. The predicted molar refractivity (Wildman–Crippen MR) is 61.7 cm³/mol. The van der Waals surface area contributed by atoms with E-state index in [1.807, 2.05) is 0 Å². The zero-order chi connectivity index (χ0) is 11.8. The van der Waals surface area contributed by atoms with Crippen molar-refractivity contribution >= 4 is 22.7 Å². The molecule has 0 radical (unpaired) electrons. The number of fused-ring (bicyclic) bond motifs is 1. The Morgan fingerprint density at radius 1 is 1.53 bits per heavy atom. The molecular weight excluding hydrogens is 220 g/mol. The van der Waals surface area contributed by atoms with Gasteiger partial charge < -0.3 is 14.8 Å². The molecule has 1 aromatic heterocycles. The smallest absolute Gasteiger partial charge is 0.250 e. The Morgan fingerprint density at radius 2 is 2.35 bits per heavy atom. The van der Waals surface area contributed by atoms with E-state index in [0.717, 1.165) is 24.2 Å². The van der Waals surface area contributed by atoms with Gasteiger partial charge in [0.15, 0.2) is 11.5 Å². The van der Waals surface area contributed by atoms with Crippen molar-refractivity contribution in [3.8, 4) is 0 Å². The number of hydrogen-bond acceptors (Lipinski definition) is 4. The molecule has 0 aliphatic heterocycles. The van der Waals surface area contributed by atoms with Crippen molar-refractivity contribution in [3.63, 3.8) is 0 Å². The van der Waals surface area contributed by atoms with Crippen LogP contribution in [0.3, 0.4) is 0 Å². The molecule has 1 saturated carbocycles. The van der Waals surface area contributed by atoms with E-state index in [0.29, 0.717) is 17.2 Å². The van der Waals surface area contributed by atoms with Crippen molar-refractivity contribution < 1.29 is 14.3 Å². The lowest BCUT2D eigenvalue weighted by Gasteiger charge is -2.01. The van der Waals surface area contributed by atoms with Gasteiger partial charge in [-0.15, -0.1) is 0 Å². The maximum absolute atomic E-state index is 11.0. The molecule has 1 aromatic carbocycles. The minimum absolute atomic E-state index is 0.439. The summed E-state index contributed by atoms with van der Waals surface area (Å²) in [6.45, 7) is -0.526. The topological polar surface area (TPSA) is 75.4 Å². The summed E-state index contributed by atoms with van der Waals surface area (Å²) in [5.41, 5.74) is 2.08. The van der Waals surface area contributed by atoms with Crippen molar-refractivity contribution in [1.29, 1.82) is 0 Å². The lowest BCUT2D eigenvalue weighted by molar-refractivity contribution is -0.118. The first-order valence-electron chi connectivity index (χ1n) is 5.57. The van der Waals surface area contributed by atoms with Gasteiger partial charge in [-0.05, 0) is 25.0 Å². The van der Waals surface area contributed by atoms with Gasteiger partial charge in [-0.1, -0.05) is 0 Å². The molecule has 0 atom stereocenters. The van der Waals surface area contributed by atoms with Gasteiger partial charge in [0.1, 0.15) is 12.1 Å². The number of aliphatic hydroxyl groups is 1. The van der Waals surface area contributed by atoms with Gasteiger partial charge in [-0.3, -0.25) is 4.79 Å². The Hall–Kier alpha value is -1.88. The fourth-order valence-corrected chi connectivity index (χ4v) is 1.73. The number of amides is 1. The van der Waals surface area contributed by atoms with Crippen LogP contribution in [0.25, 0.3) is 11.1 Å². The highest BCUT2D eigenvalue weighted by molar-refractivity contribution is 5.93. The molecule has 88 valence electrons. The van der Waals surface area contributed by atoms with Crippen LogP contribution in [-0.4, -0.2) is 22.6 Å². The van der Waals surface area contributed by atoms with E-state index < -0.39 is 12.5 Å². The summed E-state index contributed by atoms with van der Waals surface area (Å²) < 4.78 is 5.62. The van der Waals surface area contributed by atoms with Gasteiger partial charge in [-0.25, -0.2) is 4.98 Å². The van der Waals surface area contributed by atoms with E-state index in [2.05, 4.69) is 10.3 Å². The van der Waals surface area contributed by atoms with Crippen molar-refractivity contribution in [2.45, 2.75) is 18.8 Å². The van der Waals surface area contributed by atoms with Gasteiger partial charge in [0.25, 0.3) is 0 Å². The molecule has 17 heavy (non-hydrogen) atoms. The Kier molecular flexibility index (Phi) is 2.33. The van der Waals surface area contributed by atoms with Crippen LogP contribution in [0.15, 0.2) is 22.6 Å². The zero-order valence-corrected chi connectivity index (χ0v) is 9.14. The molecule has 3 rings (SSSR count). The van der Waals surface area contributed by atoms with Crippen LogP contribution in [0.4, 0.5) is 5.69 Å². The Balaban J connectivity index is 1.91. The van der Waals surface area contributed by atoms with Crippen LogP contribution in [0.1, 0.15) is 24.7 Å². The molecule has 0 unspecified atom stereocenters. The third-order valence-electron chi connectivity index (χ3n) is 2.76. The number of anilines is 1. The zero-order valence-electron chi connectivity index (χ0n) is 9.14. The van der Waals surface area contributed by atoms with E-state index in [1.165, 1.54) is 0 Å². The standard InChI is InChI=1S/C12H12N2O3/c15-6-11(16)13-8-3-4-9-10(5-8)17-12(14-9)7-1-2-7/h3-5,7,15H,1-2,6H2,(H,13,16). The summed E-state index contributed by atoms with van der Waals surface area (Å²) in [6.07, 6.45) is 2.28. The fourth-order valence-electron chi connectivity index (χ4n) is 1.73. The number of hydrogen-bond donors (Lipinski definition) is 2. The average molecular weight is 232 g/mol. The van der Waals surface area contributed by atoms with Crippen molar-refractivity contribution in [1.82, 2.24) is 4.98 Å². The number of carbonyl (C=O) groups is 1. The minimum Gasteiger partial charge on any atom is -0.440 e. The van der Waals surface area contributed by atoms with E-state index in [4.69, 9.17) is 9.52 Å². The maximum atomic E-state index is 11.0. The predicted octanol–water partition coefficient (Wildman–Crippen LogP) is 1.64. The first kappa shape index (κ1) is 10.3. The van der Waals surface area contributed by atoms with Gasteiger partial charge in [0.2, 0.25) is 5.91 Å². The number of aromatic nitrogens is 1. The first-order chi connectivity index (χ1) is 8.26. The van der Waals surface area contributed by atoms with Gasteiger partial charge in [0.05, 0.1) is 0 Å².